The lowest BCUT2D eigenvalue weighted by Gasteiger charge is -2.35. The van der Waals surface area contributed by atoms with Gasteiger partial charge in [0.1, 0.15) is 0 Å². The van der Waals surface area contributed by atoms with Crippen molar-refractivity contribution in [3.8, 4) is 0 Å². The Morgan fingerprint density at radius 3 is 2.39 bits per heavy atom. The molecular formula is C13H20BClN2O. The lowest BCUT2D eigenvalue weighted by atomic mass is 9.78. The molecule has 3 N–H and O–H groups in total. The fraction of sp³-hybridized carbons (Fsp3) is 0.538. The average Bonchev–Trinajstić information content (AvgIpc) is 2.39. The fourth-order valence-electron chi connectivity index (χ4n) is 2.61. The first-order chi connectivity index (χ1) is 8.58. The zero-order valence-electron chi connectivity index (χ0n) is 10.7. The Morgan fingerprint density at radius 1 is 1.33 bits per heavy atom. The first-order valence-electron chi connectivity index (χ1n) is 6.51. The molecule has 1 heterocycles. The van der Waals surface area contributed by atoms with Crippen LogP contribution in [0.1, 0.15) is 24.4 Å². The minimum atomic E-state index is -0.349. The quantitative estimate of drug-likeness (QED) is 0.825. The molecule has 5 heteroatoms. The topological polar surface area (TPSA) is 49.5 Å². The maximum Gasteiger partial charge on any atom is 0.376 e. The van der Waals surface area contributed by atoms with Gasteiger partial charge in [0.15, 0.2) is 0 Å². The van der Waals surface area contributed by atoms with Crippen LogP contribution < -0.4 is 5.73 Å². The van der Waals surface area contributed by atoms with Crippen molar-refractivity contribution in [2.45, 2.75) is 25.7 Å². The van der Waals surface area contributed by atoms with Gasteiger partial charge in [-0.1, -0.05) is 23.7 Å². The molecule has 18 heavy (non-hydrogen) atoms. The van der Waals surface area contributed by atoms with Crippen LogP contribution in [0, 0.1) is 5.92 Å². The van der Waals surface area contributed by atoms with E-state index in [-0.39, 0.29) is 13.1 Å². The van der Waals surface area contributed by atoms with Gasteiger partial charge in [0.25, 0.3) is 0 Å². The molecule has 0 amide bonds. The smallest absolute Gasteiger partial charge is 0.376 e. The molecule has 0 saturated carbocycles. The second-order valence-electron chi connectivity index (χ2n) is 5.08. The molecule has 1 saturated heterocycles. The van der Waals surface area contributed by atoms with E-state index in [1.165, 1.54) is 0 Å². The standard InChI is InChI=1S/C13H20BClN2O/c1-14(18)17-8-6-11(7-9-17)13(16)10-2-4-12(15)5-3-10/h2-5,11,13,18H,6-9,16H2,1H3. The monoisotopic (exact) mass is 266 g/mol. The minimum Gasteiger partial charge on any atom is -0.437 e. The van der Waals surface area contributed by atoms with Crippen LogP contribution in [0.25, 0.3) is 0 Å². The highest BCUT2D eigenvalue weighted by Crippen LogP contribution is 2.29. The van der Waals surface area contributed by atoms with Gasteiger partial charge in [-0.15, -0.1) is 0 Å². The first kappa shape index (κ1) is 13.9. The number of rotatable bonds is 3. The van der Waals surface area contributed by atoms with Crippen molar-refractivity contribution in [1.29, 1.82) is 0 Å². The summed E-state index contributed by atoms with van der Waals surface area (Å²) in [7, 11) is -0.349. The van der Waals surface area contributed by atoms with Crippen LogP contribution in [0.3, 0.4) is 0 Å². The van der Waals surface area contributed by atoms with E-state index in [0.717, 1.165) is 36.5 Å². The highest BCUT2D eigenvalue weighted by molar-refractivity contribution is 6.45. The average molecular weight is 267 g/mol. The highest BCUT2D eigenvalue weighted by Gasteiger charge is 2.27. The van der Waals surface area contributed by atoms with Crippen LogP contribution in [0.2, 0.25) is 11.8 Å². The summed E-state index contributed by atoms with van der Waals surface area (Å²) in [6.07, 6.45) is 2.07. The molecule has 1 fully saturated rings. The lowest BCUT2D eigenvalue weighted by Crippen LogP contribution is -2.44. The zero-order chi connectivity index (χ0) is 13.1. The zero-order valence-corrected chi connectivity index (χ0v) is 11.5. The van der Waals surface area contributed by atoms with Crippen LogP contribution in [0.5, 0.6) is 0 Å². The summed E-state index contributed by atoms with van der Waals surface area (Å²) in [5, 5.41) is 10.3. The van der Waals surface area contributed by atoms with E-state index in [1.54, 1.807) is 0 Å². The Hall–Kier alpha value is -0.545. The Balaban J connectivity index is 1.95. The Labute approximate surface area is 114 Å². The molecule has 1 atom stereocenters. The van der Waals surface area contributed by atoms with E-state index < -0.39 is 0 Å². The molecule has 3 nitrogen and oxygen atoms in total. The SMILES string of the molecule is CB(O)N1CCC(C(N)c2ccc(Cl)cc2)CC1. The Kier molecular flexibility index (Phi) is 4.68. The van der Waals surface area contributed by atoms with Gasteiger partial charge in [-0.25, -0.2) is 0 Å². The van der Waals surface area contributed by atoms with Crippen molar-refractivity contribution in [3.05, 3.63) is 34.9 Å². The molecule has 1 aliphatic rings. The summed E-state index contributed by atoms with van der Waals surface area (Å²) < 4.78 is 0. The van der Waals surface area contributed by atoms with Crippen molar-refractivity contribution in [1.82, 2.24) is 4.81 Å². The predicted octanol–water partition coefficient (Wildman–Crippen LogP) is 2.16. The molecule has 1 aliphatic heterocycles. The molecular weight excluding hydrogens is 246 g/mol. The number of nitrogens with zero attached hydrogens (tertiary/aromatic N) is 1. The van der Waals surface area contributed by atoms with Gasteiger partial charge < -0.3 is 15.6 Å². The Morgan fingerprint density at radius 2 is 1.89 bits per heavy atom. The summed E-state index contributed by atoms with van der Waals surface area (Å²) in [6.45, 7) is 3.66. The molecule has 1 unspecified atom stereocenters. The fourth-order valence-corrected chi connectivity index (χ4v) is 2.74. The third kappa shape index (κ3) is 3.26. The summed E-state index contributed by atoms with van der Waals surface area (Å²) in [5.41, 5.74) is 7.47. The van der Waals surface area contributed by atoms with Gasteiger partial charge in [0.2, 0.25) is 0 Å². The van der Waals surface area contributed by atoms with Crippen LogP contribution in [0.4, 0.5) is 0 Å². The van der Waals surface area contributed by atoms with Crippen LogP contribution in [-0.2, 0) is 0 Å². The number of hydrogen-bond donors (Lipinski definition) is 2. The lowest BCUT2D eigenvalue weighted by molar-refractivity contribution is 0.227. The van der Waals surface area contributed by atoms with E-state index in [4.69, 9.17) is 17.3 Å². The maximum absolute atomic E-state index is 9.53. The van der Waals surface area contributed by atoms with Gasteiger partial charge in [-0.05, 0) is 56.4 Å². The molecule has 0 bridgehead atoms. The highest BCUT2D eigenvalue weighted by atomic mass is 35.5. The van der Waals surface area contributed by atoms with Gasteiger partial charge in [-0.2, -0.15) is 0 Å². The molecule has 2 rings (SSSR count). The third-order valence-corrected chi connectivity index (χ3v) is 4.12. The van der Waals surface area contributed by atoms with Gasteiger partial charge in [0, 0.05) is 11.1 Å². The normalized spacial score (nSPS) is 19.8. The van der Waals surface area contributed by atoms with E-state index >= 15 is 0 Å². The van der Waals surface area contributed by atoms with Gasteiger partial charge in [0.05, 0.1) is 0 Å². The second kappa shape index (κ2) is 6.07. The number of hydrogen-bond acceptors (Lipinski definition) is 3. The Bertz CT molecular complexity index is 377. The molecule has 0 aromatic heterocycles. The maximum atomic E-state index is 9.53. The molecule has 98 valence electrons. The van der Waals surface area contributed by atoms with Crippen molar-refractivity contribution >= 4 is 18.7 Å². The van der Waals surface area contributed by atoms with Crippen LogP contribution in [0.15, 0.2) is 24.3 Å². The van der Waals surface area contributed by atoms with Crippen LogP contribution >= 0.6 is 11.6 Å². The second-order valence-corrected chi connectivity index (χ2v) is 5.52. The number of nitrogens with two attached hydrogens (primary N) is 1. The molecule has 1 aromatic carbocycles. The van der Waals surface area contributed by atoms with Gasteiger partial charge >= 0.3 is 7.05 Å². The third-order valence-electron chi connectivity index (χ3n) is 3.87. The molecule has 0 aliphatic carbocycles. The number of piperidine rings is 1. The molecule has 1 aromatic rings. The van der Waals surface area contributed by atoms with Crippen molar-refractivity contribution in [3.63, 3.8) is 0 Å². The summed E-state index contributed by atoms with van der Waals surface area (Å²) in [6, 6.07) is 7.87. The van der Waals surface area contributed by atoms with E-state index in [0.29, 0.717) is 5.92 Å². The van der Waals surface area contributed by atoms with Crippen molar-refractivity contribution < 1.29 is 5.02 Å². The minimum absolute atomic E-state index is 0.0680. The molecule has 0 spiro atoms. The largest absolute Gasteiger partial charge is 0.437 e. The van der Waals surface area contributed by atoms with E-state index in [1.807, 2.05) is 31.1 Å². The van der Waals surface area contributed by atoms with Crippen molar-refractivity contribution in [2.75, 3.05) is 13.1 Å². The van der Waals surface area contributed by atoms with Crippen molar-refractivity contribution in [2.24, 2.45) is 11.7 Å². The van der Waals surface area contributed by atoms with E-state index in [2.05, 4.69) is 4.81 Å². The van der Waals surface area contributed by atoms with Gasteiger partial charge in [-0.3, -0.25) is 0 Å². The first-order valence-corrected chi connectivity index (χ1v) is 6.89. The summed E-state index contributed by atoms with van der Waals surface area (Å²) in [4.78, 5) is 2.09. The predicted molar refractivity (Wildman–Crippen MR) is 76.5 cm³/mol. The number of benzene rings is 1. The van der Waals surface area contributed by atoms with E-state index in [9.17, 15) is 5.02 Å². The van der Waals surface area contributed by atoms with Crippen LogP contribution in [-0.4, -0.2) is 30.0 Å². The number of halogens is 1. The molecule has 0 radical (unpaired) electrons. The summed E-state index contributed by atoms with van der Waals surface area (Å²) >= 11 is 5.88. The summed E-state index contributed by atoms with van der Waals surface area (Å²) in [5.74, 6) is 0.487.